The average Bonchev–Trinajstić information content (AvgIpc) is 3.34. The Hall–Kier alpha value is -3.59. The van der Waals surface area contributed by atoms with Gasteiger partial charge in [-0.3, -0.25) is 4.52 Å². The van der Waals surface area contributed by atoms with Gasteiger partial charge in [-0.05, 0) is 88.6 Å². The molecule has 1 aliphatic rings. The first-order valence-electron chi connectivity index (χ1n) is 18.3. The zero-order valence-electron chi connectivity index (χ0n) is 31.4. The number of hydrogen-bond acceptors (Lipinski definition) is 7. The van der Waals surface area contributed by atoms with Crippen molar-refractivity contribution in [2.24, 2.45) is 0 Å². The molecule has 0 spiro atoms. The zero-order chi connectivity index (χ0) is 37.0. The molecule has 3 atom stereocenters. The number of fused-ring (bicyclic) bond motifs is 8. The molecule has 6 nitrogen and oxygen atoms in total. The van der Waals surface area contributed by atoms with Gasteiger partial charge in [-0.15, -0.1) is 11.8 Å². The Kier molecular flexibility index (Phi) is 9.78. The molecular weight excluding hydrogens is 716 g/mol. The molecule has 6 aromatic carbocycles. The number of ether oxygens (including phenoxy) is 2. The second kappa shape index (κ2) is 14.2. The first-order chi connectivity index (χ1) is 25.4. The van der Waals surface area contributed by atoms with Crippen LogP contribution in [-0.4, -0.2) is 44.8 Å². The number of hydrogen-bond donors (Lipinski definition) is 0. The van der Waals surface area contributed by atoms with Gasteiger partial charge in [-0.1, -0.05) is 112 Å². The Morgan fingerprint density at radius 3 is 1.87 bits per heavy atom. The summed E-state index contributed by atoms with van der Waals surface area (Å²) in [6.45, 7) is 15.5. The van der Waals surface area contributed by atoms with Crippen LogP contribution in [0.1, 0.15) is 34.6 Å². The van der Waals surface area contributed by atoms with Gasteiger partial charge in [-0.2, -0.15) is 0 Å². The van der Waals surface area contributed by atoms with Crippen LogP contribution in [0.15, 0.2) is 129 Å². The number of benzene rings is 6. The average molecular weight is 763 g/mol. The molecule has 0 radical (unpaired) electrons. The Labute approximate surface area is 317 Å². The molecule has 0 N–H and O–H groups in total. The Balaban J connectivity index is 1.17. The Bertz CT molecular complexity index is 2390. The zero-order valence-corrected chi connectivity index (χ0v) is 34.1. The second-order valence-electron chi connectivity index (χ2n) is 15.9. The third-order valence-electron chi connectivity index (χ3n) is 10.7. The molecule has 8 rings (SSSR count). The van der Waals surface area contributed by atoms with Crippen molar-refractivity contribution >= 4 is 82.6 Å². The fraction of sp³-hybridized carbons (Fsp3) is 0.318. The van der Waals surface area contributed by atoms with E-state index < -0.39 is 28.4 Å². The van der Waals surface area contributed by atoms with Crippen LogP contribution in [0.4, 0.5) is 0 Å². The van der Waals surface area contributed by atoms with E-state index in [0.717, 1.165) is 43.5 Å². The number of rotatable bonds is 9. The van der Waals surface area contributed by atoms with Gasteiger partial charge >= 0.3 is 8.24 Å². The lowest BCUT2D eigenvalue weighted by Gasteiger charge is -2.41. The van der Waals surface area contributed by atoms with E-state index in [1.165, 1.54) is 15.7 Å². The van der Waals surface area contributed by atoms with Crippen molar-refractivity contribution in [3.05, 3.63) is 115 Å². The van der Waals surface area contributed by atoms with E-state index >= 15 is 0 Å². The van der Waals surface area contributed by atoms with Crippen LogP contribution >= 0.6 is 20.0 Å². The molecule has 1 saturated heterocycles. The third-order valence-corrected chi connectivity index (χ3v) is 17.3. The highest BCUT2D eigenvalue weighted by atomic mass is 32.2. The maximum Gasteiger partial charge on any atom is 0.387 e. The molecule has 0 aliphatic carbocycles. The minimum absolute atomic E-state index is 0.0315. The molecule has 1 aliphatic heterocycles. The second-order valence-corrected chi connectivity index (χ2v) is 22.8. The standard InChI is InChI=1S/C44H47O6PSSi/c1-43(2,3)53(6,7)50-38(42-39(46-44(4,5)47-42)28-52-33-23-20-29-14-8-9-17-32(29)26-33)27-45-51-48-36-24-21-30-15-10-12-18-34(30)40(36)41-35-19-13-11-16-31(35)22-25-37(41)49-51/h8-26,38-39,42H,27-28H2,1-7H3/t38-,39-,42+/m1/s1. The summed E-state index contributed by atoms with van der Waals surface area (Å²) in [5, 5.41) is 8.93. The molecule has 0 amide bonds. The summed E-state index contributed by atoms with van der Waals surface area (Å²) in [6, 6.07) is 40.2. The van der Waals surface area contributed by atoms with Crippen LogP contribution in [0.25, 0.3) is 54.3 Å². The summed E-state index contributed by atoms with van der Waals surface area (Å²) in [5.41, 5.74) is 1.47. The Morgan fingerprint density at radius 1 is 0.717 bits per heavy atom. The molecule has 1 fully saturated rings. The summed E-state index contributed by atoms with van der Waals surface area (Å²) in [6.07, 6.45) is -1.03. The summed E-state index contributed by atoms with van der Waals surface area (Å²) < 4.78 is 40.7. The van der Waals surface area contributed by atoms with Crippen LogP contribution in [-0.2, 0) is 13.9 Å². The largest absolute Gasteiger partial charge is 0.409 e. The highest BCUT2D eigenvalue weighted by molar-refractivity contribution is 7.99. The van der Waals surface area contributed by atoms with E-state index in [0.29, 0.717) is 5.75 Å². The lowest BCUT2D eigenvalue weighted by molar-refractivity contribution is -0.154. The molecule has 2 heterocycles. The van der Waals surface area contributed by atoms with Gasteiger partial charge in [0, 0.05) is 21.4 Å². The predicted molar refractivity (Wildman–Crippen MR) is 223 cm³/mol. The summed E-state index contributed by atoms with van der Waals surface area (Å²) in [7, 11) is -4.16. The summed E-state index contributed by atoms with van der Waals surface area (Å²) >= 11 is 1.78. The molecular formula is C44H47O6PSSi. The maximum atomic E-state index is 7.20. The van der Waals surface area contributed by atoms with Gasteiger partial charge in [0.25, 0.3) is 0 Å². The van der Waals surface area contributed by atoms with Crippen LogP contribution in [0.5, 0.6) is 0 Å². The maximum absolute atomic E-state index is 7.20. The first-order valence-corrected chi connectivity index (χ1v) is 23.3. The summed E-state index contributed by atoms with van der Waals surface area (Å²) in [5.74, 6) is -0.0819. The quantitative estimate of drug-likeness (QED) is 0.107. The van der Waals surface area contributed by atoms with E-state index in [4.69, 9.17) is 26.8 Å². The molecule has 1 aromatic heterocycles. The lowest BCUT2D eigenvalue weighted by Crippen LogP contribution is -2.51. The SMILES string of the molecule is CC1(C)O[C@@H]([C@@H](COp2oc3ccc4ccccc4c3c3c(ccc4ccccc43)o2)O[Si](C)(C)C(C)(C)C)[C@@H](CSc2ccc3ccccc3c2)O1. The molecule has 274 valence electrons. The fourth-order valence-corrected chi connectivity index (χ4v) is 10.4. The van der Waals surface area contributed by atoms with E-state index in [9.17, 15) is 0 Å². The van der Waals surface area contributed by atoms with Crippen molar-refractivity contribution in [2.45, 2.75) is 81.7 Å². The molecule has 0 bridgehead atoms. The van der Waals surface area contributed by atoms with Crippen molar-refractivity contribution in [3.8, 4) is 0 Å². The Morgan fingerprint density at radius 2 is 1.26 bits per heavy atom. The van der Waals surface area contributed by atoms with Crippen molar-refractivity contribution in [2.75, 3.05) is 12.4 Å². The molecule has 53 heavy (non-hydrogen) atoms. The smallest absolute Gasteiger partial charge is 0.387 e. The van der Waals surface area contributed by atoms with Crippen LogP contribution in [0.2, 0.25) is 18.1 Å². The predicted octanol–water partition coefficient (Wildman–Crippen LogP) is 12.9. The first kappa shape index (κ1) is 36.4. The fourth-order valence-electron chi connectivity index (χ4n) is 7.03. The highest BCUT2D eigenvalue weighted by Crippen LogP contribution is 2.43. The van der Waals surface area contributed by atoms with Crippen molar-refractivity contribution < 1.29 is 26.8 Å². The van der Waals surface area contributed by atoms with E-state index in [1.54, 1.807) is 11.8 Å². The van der Waals surface area contributed by atoms with Crippen molar-refractivity contribution in [1.82, 2.24) is 0 Å². The minimum Gasteiger partial charge on any atom is -0.409 e. The highest BCUT2D eigenvalue weighted by Gasteiger charge is 2.49. The van der Waals surface area contributed by atoms with E-state index in [2.05, 4.69) is 137 Å². The van der Waals surface area contributed by atoms with Gasteiger partial charge in [-0.25, -0.2) is 0 Å². The van der Waals surface area contributed by atoms with Crippen molar-refractivity contribution in [1.29, 1.82) is 0 Å². The molecule has 7 aromatic rings. The number of thioether (sulfide) groups is 1. The van der Waals surface area contributed by atoms with Gasteiger partial charge < -0.3 is 22.3 Å². The van der Waals surface area contributed by atoms with E-state index in [-0.39, 0.29) is 23.9 Å². The van der Waals surface area contributed by atoms with Gasteiger partial charge in [0.2, 0.25) is 0 Å². The minimum atomic E-state index is -2.30. The van der Waals surface area contributed by atoms with Gasteiger partial charge in [0.15, 0.2) is 14.1 Å². The van der Waals surface area contributed by atoms with Gasteiger partial charge in [0.1, 0.15) is 17.3 Å². The van der Waals surface area contributed by atoms with Crippen LogP contribution in [0, 0.1) is 0 Å². The molecule has 9 heteroatoms. The third kappa shape index (κ3) is 7.44. The summed E-state index contributed by atoms with van der Waals surface area (Å²) in [4.78, 5) is 1.19. The van der Waals surface area contributed by atoms with Gasteiger partial charge in [0.05, 0.1) is 18.8 Å². The van der Waals surface area contributed by atoms with Crippen LogP contribution in [0.3, 0.4) is 0 Å². The lowest BCUT2D eigenvalue weighted by atomic mass is 9.99. The van der Waals surface area contributed by atoms with Crippen molar-refractivity contribution in [3.63, 3.8) is 0 Å². The monoisotopic (exact) mass is 762 g/mol. The topological polar surface area (TPSA) is 63.2 Å². The molecule has 0 saturated carbocycles. The van der Waals surface area contributed by atoms with Crippen LogP contribution < -0.4 is 4.52 Å². The van der Waals surface area contributed by atoms with E-state index in [1.807, 2.05) is 26.0 Å². The normalized spacial score (nSPS) is 18.4. The molecule has 0 unspecified atom stereocenters.